The number of ether oxygens (including phenoxy) is 5. The summed E-state index contributed by atoms with van der Waals surface area (Å²) in [5, 5.41) is 31.4. The quantitative estimate of drug-likeness (QED) is 0.0228. The lowest BCUT2D eigenvalue weighted by Gasteiger charge is -2.40. The molecule has 6 atom stereocenters. The molecule has 0 amide bonds. The number of hydrogen-bond donors (Lipinski definition) is 3. The Morgan fingerprint density at radius 1 is 0.466 bits per heavy atom. The van der Waals surface area contributed by atoms with Gasteiger partial charge in [0.05, 0.1) is 6.61 Å². The number of carboxylic acid groups (broad SMARTS) is 1. The number of hydrogen-bond acceptors (Lipinski definition) is 11. The molecule has 0 aromatic heterocycles. The first-order valence-corrected chi connectivity index (χ1v) is 28.2. The zero-order chi connectivity index (χ0) is 53.3. The molecule has 1 aliphatic rings. The zero-order valence-corrected chi connectivity index (χ0v) is 45.3. The molecule has 0 spiro atoms. The Kier molecular flexibility index (Phi) is 44.4. The van der Waals surface area contributed by atoms with Crippen molar-refractivity contribution in [2.24, 2.45) is 0 Å². The summed E-state index contributed by atoms with van der Waals surface area (Å²) in [6.45, 7) is 5.67. The second-order valence-electron chi connectivity index (χ2n) is 18.8. The van der Waals surface area contributed by atoms with Gasteiger partial charge in [-0.25, -0.2) is 4.79 Å². The third kappa shape index (κ3) is 38.8. The van der Waals surface area contributed by atoms with Crippen molar-refractivity contribution in [3.05, 3.63) is 97.2 Å². The first-order chi connectivity index (χ1) is 35.6. The largest absolute Gasteiger partial charge is 0.479 e. The molecule has 0 bridgehead atoms. The standard InChI is InChI=1S/C61H98O12/c1-4-7-10-13-16-19-21-23-25-27-29-31-33-36-38-41-44-47-53(62)69-50-52(71-54(63)48-45-42-40-37-34-32-30-28-26-24-22-20-17-14-11-8-5-2)51-70-61-59(57(66)56(65)58(73-61)60(67)68)72-55(64)49-46-43-39-35-18-15-12-9-6-3/h7-8,10-11,16-17,19-20,23-26,29-32,52,56-59,61,65-66H,4-6,9,12-15,18,21-22,27-28,33-51H2,1-3H3,(H,67,68)/b10-7-,11-8-,19-16-,20-17-,25-23-,26-24-,31-29-,32-30-. The summed E-state index contributed by atoms with van der Waals surface area (Å²) in [7, 11) is 0. The lowest BCUT2D eigenvalue weighted by atomic mass is 9.98. The lowest BCUT2D eigenvalue weighted by molar-refractivity contribution is -0.301. The number of unbranched alkanes of at least 4 members (excludes halogenated alkanes) is 16. The number of carbonyl (C=O) groups is 4. The Bertz CT molecular complexity index is 1640. The molecule has 1 heterocycles. The molecule has 1 fully saturated rings. The minimum absolute atomic E-state index is 0.0517. The smallest absolute Gasteiger partial charge is 0.335 e. The predicted octanol–water partition coefficient (Wildman–Crippen LogP) is 14.1. The van der Waals surface area contributed by atoms with Crippen LogP contribution < -0.4 is 0 Å². The van der Waals surface area contributed by atoms with E-state index in [-0.39, 0.29) is 25.9 Å². The van der Waals surface area contributed by atoms with Crippen molar-refractivity contribution in [2.75, 3.05) is 13.2 Å². The topological polar surface area (TPSA) is 175 Å². The van der Waals surface area contributed by atoms with Crippen molar-refractivity contribution in [3.63, 3.8) is 0 Å². The van der Waals surface area contributed by atoms with Crippen LogP contribution in [0.5, 0.6) is 0 Å². The Hall–Kier alpha value is -4.36. The second-order valence-corrected chi connectivity index (χ2v) is 18.8. The molecule has 6 unspecified atom stereocenters. The van der Waals surface area contributed by atoms with Crippen molar-refractivity contribution in [1.29, 1.82) is 0 Å². The van der Waals surface area contributed by atoms with E-state index in [2.05, 4.69) is 118 Å². The average Bonchev–Trinajstić information content (AvgIpc) is 3.37. The molecule has 1 saturated heterocycles. The number of aliphatic hydroxyl groups excluding tert-OH is 2. The van der Waals surface area contributed by atoms with Crippen LogP contribution in [0.2, 0.25) is 0 Å². The lowest BCUT2D eigenvalue weighted by Crippen LogP contribution is -2.61. The van der Waals surface area contributed by atoms with Crippen LogP contribution in [0, 0.1) is 0 Å². The van der Waals surface area contributed by atoms with Crippen molar-refractivity contribution in [2.45, 2.75) is 250 Å². The predicted molar refractivity (Wildman–Crippen MR) is 294 cm³/mol. The fraction of sp³-hybridized carbons (Fsp3) is 0.672. The molecule has 73 heavy (non-hydrogen) atoms. The van der Waals surface area contributed by atoms with Gasteiger partial charge in [-0.1, -0.05) is 195 Å². The molecular weight excluding hydrogens is 925 g/mol. The second kappa shape index (κ2) is 48.6. The van der Waals surface area contributed by atoms with E-state index >= 15 is 0 Å². The van der Waals surface area contributed by atoms with Gasteiger partial charge in [0, 0.05) is 19.3 Å². The molecule has 0 radical (unpaired) electrons. The van der Waals surface area contributed by atoms with Gasteiger partial charge in [-0.15, -0.1) is 0 Å². The number of allylic oxidation sites excluding steroid dienone is 16. The summed E-state index contributed by atoms with van der Waals surface area (Å²) in [6.07, 6.45) is 51.1. The van der Waals surface area contributed by atoms with E-state index in [4.69, 9.17) is 23.7 Å². The summed E-state index contributed by atoms with van der Waals surface area (Å²) >= 11 is 0. The molecule has 3 N–H and O–H groups in total. The highest BCUT2D eigenvalue weighted by Gasteiger charge is 2.50. The minimum atomic E-state index is -1.91. The fourth-order valence-corrected chi connectivity index (χ4v) is 7.88. The molecule has 12 nitrogen and oxygen atoms in total. The van der Waals surface area contributed by atoms with Gasteiger partial charge in [0.15, 0.2) is 24.6 Å². The van der Waals surface area contributed by atoms with Gasteiger partial charge in [-0.2, -0.15) is 0 Å². The number of carbonyl (C=O) groups excluding carboxylic acids is 3. The maximum Gasteiger partial charge on any atom is 0.335 e. The molecule has 414 valence electrons. The average molecular weight is 1020 g/mol. The third-order valence-electron chi connectivity index (χ3n) is 12.2. The third-order valence-corrected chi connectivity index (χ3v) is 12.2. The van der Waals surface area contributed by atoms with Crippen molar-refractivity contribution >= 4 is 23.9 Å². The first kappa shape index (κ1) is 66.7. The van der Waals surface area contributed by atoms with Crippen LogP contribution in [-0.4, -0.2) is 89.2 Å². The van der Waals surface area contributed by atoms with E-state index < -0.39 is 67.3 Å². The van der Waals surface area contributed by atoms with Crippen molar-refractivity contribution < 1.29 is 58.2 Å². The molecule has 1 aliphatic heterocycles. The molecule has 12 heteroatoms. The summed E-state index contributed by atoms with van der Waals surface area (Å²) in [5.74, 6) is -3.20. The van der Waals surface area contributed by atoms with E-state index in [1.807, 2.05) is 0 Å². The SMILES string of the molecule is CC/C=C\C/C=C\C/C=C\C/C=C\CCCCCCC(=O)OCC(COC1OC(C(=O)O)C(O)C(O)C1OC(=O)CCCCCCCCCCC)OC(=O)CCCCCC/C=C\C/C=C\C/C=C\C/C=C\CC. The van der Waals surface area contributed by atoms with E-state index in [1.54, 1.807) is 0 Å². The molecule has 0 aromatic rings. The van der Waals surface area contributed by atoms with E-state index in [1.165, 1.54) is 25.7 Å². The fourth-order valence-electron chi connectivity index (χ4n) is 7.88. The Morgan fingerprint density at radius 2 is 0.863 bits per heavy atom. The highest BCUT2D eigenvalue weighted by Crippen LogP contribution is 2.26. The van der Waals surface area contributed by atoms with E-state index in [0.29, 0.717) is 19.3 Å². The Balaban J connectivity index is 2.73. The number of esters is 3. The van der Waals surface area contributed by atoms with Crippen LogP contribution in [0.4, 0.5) is 0 Å². The number of rotatable bonds is 46. The van der Waals surface area contributed by atoms with Gasteiger partial charge in [0.2, 0.25) is 0 Å². The van der Waals surface area contributed by atoms with Gasteiger partial charge < -0.3 is 39.0 Å². The van der Waals surface area contributed by atoms with Gasteiger partial charge >= 0.3 is 23.9 Å². The Morgan fingerprint density at radius 3 is 1.32 bits per heavy atom. The highest BCUT2D eigenvalue weighted by molar-refractivity contribution is 5.74. The van der Waals surface area contributed by atoms with Gasteiger partial charge in [-0.3, -0.25) is 14.4 Å². The summed E-state index contributed by atoms with van der Waals surface area (Å²) in [4.78, 5) is 51.0. The summed E-state index contributed by atoms with van der Waals surface area (Å²) in [5.41, 5.74) is 0. The molecule has 0 aliphatic carbocycles. The highest BCUT2D eigenvalue weighted by atomic mass is 16.7. The van der Waals surface area contributed by atoms with Gasteiger partial charge in [0.1, 0.15) is 18.8 Å². The zero-order valence-electron chi connectivity index (χ0n) is 45.3. The maximum atomic E-state index is 13.1. The van der Waals surface area contributed by atoms with E-state index in [0.717, 1.165) is 128 Å². The molecule has 0 saturated carbocycles. The molecule has 0 aromatic carbocycles. The van der Waals surface area contributed by atoms with Crippen molar-refractivity contribution in [3.8, 4) is 0 Å². The summed E-state index contributed by atoms with van der Waals surface area (Å²) < 4.78 is 28.3. The van der Waals surface area contributed by atoms with Crippen LogP contribution in [-0.2, 0) is 42.9 Å². The number of aliphatic carboxylic acids is 1. The maximum absolute atomic E-state index is 13.1. The Labute approximate surface area is 441 Å². The van der Waals surface area contributed by atoms with Gasteiger partial charge in [0.25, 0.3) is 0 Å². The van der Waals surface area contributed by atoms with Crippen LogP contribution >= 0.6 is 0 Å². The van der Waals surface area contributed by atoms with Crippen molar-refractivity contribution in [1.82, 2.24) is 0 Å². The van der Waals surface area contributed by atoms with Crippen LogP contribution in [0.1, 0.15) is 213 Å². The molecule has 1 rings (SSSR count). The summed E-state index contributed by atoms with van der Waals surface area (Å²) in [6, 6.07) is 0. The molecular formula is C61H98O12. The number of aliphatic hydroxyl groups is 2. The van der Waals surface area contributed by atoms with Gasteiger partial charge in [-0.05, 0) is 96.3 Å². The van der Waals surface area contributed by atoms with Crippen LogP contribution in [0.15, 0.2) is 97.2 Å². The van der Waals surface area contributed by atoms with E-state index in [9.17, 15) is 34.5 Å². The first-order valence-electron chi connectivity index (χ1n) is 28.2. The van der Waals surface area contributed by atoms with Crippen LogP contribution in [0.25, 0.3) is 0 Å². The van der Waals surface area contributed by atoms with Crippen LogP contribution in [0.3, 0.4) is 0 Å². The monoisotopic (exact) mass is 1020 g/mol. The minimum Gasteiger partial charge on any atom is -0.479 e. The normalized spacial score (nSPS) is 19.1. The number of carboxylic acids is 1.